The number of aromatic nitrogens is 3. The molecule has 0 aliphatic rings. The predicted molar refractivity (Wildman–Crippen MR) is 72.4 cm³/mol. The van der Waals surface area contributed by atoms with E-state index in [1.807, 2.05) is 10.8 Å². The quantitative estimate of drug-likeness (QED) is 0.852. The Hall–Kier alpha value is -2.63. The number of rotatable bonds is 5. The van der Waals surface area contributed by atoms with Crippen molar-refractivity contribution in [2.24, 2.45) is 0 Å². The lowest BCUT2D eigenvalue weighted by atomic mass is 10.1. The first-order chi connectivity index (χ1) is 9.56. The molecule has 0 bridgehead atoms. The van der Waals surface area contributed by atoms with Crippen molar-refractivity contribution in [3.63, 3.8) is 0 Å². The second kappa shape index (κ2) is 6.01. The van der Waals surface area contributed by atoms with Crippen LogP contribution in [0.15, 0.2) is 59.4 Å². The molecule has 2 rings (SSSR count). The molecule has 0 aromatic carbocycles. The van der Waals surface area contributed by atoms with E-state index in [1.165, 1.54) is 19.1 Å². The monoisotopic (exact) mass is 275 g/mol. The number of aromatic hydroxyl groups is 1. The molecule has 0 unspecified atom stereocenters. The van der Waals surface area contributed by atoms with Crippen LogP contribution in [-0.2, 0) is 6.54 Å². The summed E-state index contributed by atoms with van der Waals surface area (Å²) in [5, 5.41) is 12.4. The van der Waals surface area contributed by atoms with E-state index in [0.717, 1.165) is 5.57 Å². The smallest absolute Gasteiger partial charge is 0.252 e. The van der Waals surface area contributed by atoms with Crippen LogP contribution in [0.1, 0.15) is 12.7 Å². The van der Waals surface area contributed by atoms with Gasteiger partial charge in [0.05, 0.1) is 11.9 Å². The van der Waals surface area contributed by atoms with Crippen LogP contribution >= 0.6 is 0 Å². The van der Waals surface area contributed by atoms with Gasteiger partial charge >= 0.3 is 0 Å². The molecule has 0 saturated carbocycles. The Morgan fingerprint density at radius 2 is 2.35 bits per heavy atom. The minimum Gasteiger partial charge on any atom is -0.491 e. The van der Waals surface area contributed by atoms with E-state index in [4.69, 9.17) is 9.63 Å². The van der Waals surface area contributed by atoms with Gasteiger partial charge in [-0.05, 0) is 23.7 Å². The molecule has 0 spiro atoms. The van der Waals surface area contributed by atoms with E-state index in [-0.39, 0.29) is 17.2 Å². The van der Waals surface area contributed by atoms with Crippen LogP contribution in [0.5, 0.6) is 5.88 Å². The molecular weight excluding hydrogens is 261 g/mol. The fraction of sp³-hybridized carbons (Fsp3) is 0.143. The van der Waals surface area contributed by atoms with Crippen LogP contribution in [0.25, 0.3) is 5.57 Å². The first-order valence-electron chi connectivity index (χ1n) is 5.90. The van der Waals surface area contributed by atoms with E-state index < -0.39 is 5.83 Å². The molecule has 0 aliphatic carbocycles. The van der Waals surface area contributed by atoms with Crippen LogP contribution in [0.3, 0.4) is 0 Å². The van der Waals surface area contributed by atoms with Gasteiger partial charge in [0.25, 0.3) is 5.88 Å². The van der Waals surface area contributed by atoms with Crippen LogP contribution in [0.2, 0.25) is 0 Å². The lowest BCUT2D eigenvalue weighted by Crippen LogP contribution is -1.95. The summed E-state index contributed by atoms with van der Waals surface area (Å²) in [6, 6.07) is 1.25. The zero-order valence-corrected chi connectivity index (χ0v) is 11.0. The molecule has 6 heteroatoms. The molecule has 0 saturated heterocycles. The van der Waals surface area contributed by atoms with Crippen molar-refractivity contribution in [3.8, 4) is 5.88 Å². The summed E-state index contributed by atoms with van der Waals surface area (Å²) in [6.45, 7) is 5.74. The van der Waals surface area contributed by atoms with Crippen molar-refractivity contribution in [2.45, 2.75) is 13.5 Å². The zero-order valence-electron chi connectivity index (χ0n) is 11.0. The largest absolute Gasteiger partial charge is 0.491 e. The molecule has 104 valence electrons. The molecule has 1 N–H and O–H groups in total. The topological polar surface area (TPSA) is 64.1 Å². The number of nitrogens with zero attached hydrogens (tertiary/aromatic N) is 3. The van der Waals surface area contributed by atoms with E-state index in [2.05, 4.69) is 16.7 Å². The molecule has 20 heavy (non-hydrogen) atoms. The van der Waals surface area contributed by atoms with Gasteiger partial charge in [-0.25, -0.2) is 9.37 Å². The number of halogens is 1. The van der Waals surface area contributed by atoms with Gasteiger partial charge < -0.3 is 14.2 Å². The van der Waals surface area contributed by atoms with Gasteiger partial charge in [-0.1, -0.05) is 12.7 Å². The average molecular weight is 275 g/mol. The molecule has 0 amide bonds. The van der Waals surface area contributed by atoms with Crippen LogP contribution in [-0.4, -0.2) is 19.8 Å². The highest BCUT2D eigenvalue weighted by Gasteiger charge is 2.10. The predicted octanol–water partition coefficient (Wildman–Crippen LogP) is 3.09. The maximum absolute atomic E-state index is 13.5. The van der Waals surface area contributed by atoms with E-state index in [9.17, 15) is 4.39 Å². The maximum Gasteiger partial charge on any atom is 0.252 e. The summed E-state index contributed by atoms with van der Waals surface area (Å²) in [5.74, 6) is -0.564. The van der Waals surface area contributed by atoms with Crippen LogP contribution in [0, 0.1) is 0 Å². The fourth-order valence-corrected chi connectivity index (χ4v) is 1.63. The minimum atomic E-state index is -0.437. The third-order valence-electron chi connectivity index (χ3n) is 2.56. The second-order valence-electron chi connectivity index (χ2n) is 4.22. The fourth-order valence-electron chi connectivity index (χ4n) is 1.63. The van der Waals surface area contributed by atoms with E-state index in [0.29, 0.717) is 6.54 Å². The second-order valence-corrected chi connectivity index (χ2v) is 4.22. The van der Waals surface area contributed by atoms with Crippen molar-refractivity contribution in [3.05, 3.63) is 60.7 Å². The number of allylic oxidation sites excluding steroid dienone is 5. The van der Waals surface area contributed by atoms with Gasteiger partial charge in [0, 0.05) is 25.0 Å². The van der Waals surface area contributed by atoms with Crippen molar-refractivity contribution >= 4 is 5.57 Å². The van der Waals surface area contributed by atoms with Gasteiger partial charge in [-0.2, -0.15) is 0 Å². The molecule has 2 aromatic heterocycles. The normalized spacial score (nSPS) is 12.7. The summed E-state index contributed by atoms with van der Waals surface area (Å²) >= 11 is 0. The first kappa shape index (κ1) is 13.8. The SMILES string of the molecule is C=C(/C=C\C(=C(/C)F)c1cc(O)no1)Cn1ccnc1. The molecule has 2 heterocycles. The van der Waals surface area contributed by atoms with Gasteiger partial charge in [0.15, 0.2) is 5.76 Å². The lowest BCUT2D eigenvalue weighted by Gasteiger charge is -2.02. The Morgan fingerprint density at radius 3 is 2.90 bits per heavy atom. The average Bonchev–Trinajstić information content (AvgIpc) is 3.01. The Labute approximate surface area is 115 Å². The molecule has 0 radical (unpaired) electrons. The number of hydrogen-bond acceptors (Lipinski definition) is 4. The molecule has 0 fully saturated rings. The Morgan fingerprint density at radius 1 is 1.55 bits per heavy atom. The third kappa shape index (κ3) is 3.44. The van der Waals surface area contributed by atoms with Gasteiger partial charge in [-0.3, -0.25) is 0 Å². The van der Waals surface area contributed by atoms with Crippen molar-refractivity contribution in [1.82, 2.24) is 14.7 Å². The maximum atomic E-state index is 13.5. The van der Waals surface area contributed by atoms with Gasteiger partial charge in [0.2, 0.25) is 0 Å². The zero-order chi connectivity index (χ0) is 14.5. The van der Waals surface area contributed by atoms with Crippen LogP contribution < -0.4 is 0 Å². The highest BCUT2D eigenvalue weighted by atomic mass is 19.1. The lowest BCUT2D eigenvalue weighted by molar-refractivity contribution is 0.355. The summed E-state index contributed by atoms with van der Waals surface area (Å²) in [6.07, 6.45) is 8.37. The highest BCUT2D eigenvalue weighted by molar-refractivity contribution is 5.72. The standard InChI is InChI=1S/C14H14FN3O2/c1-10(8-18-6-5-16-9-18)3-4-12(11(2)15)13-7-14(19)17-20-13/h3-7,9H,1,8H2,2H3,(H,17,19)/b4-3-,12-11-. The van der Waals surface area contributed by atoms with Crippen molar-refractivity contribution in [1.29, 1.82) is 0 Å². The van der Waals surface area contributed by atoms with E-state index in [1.54, 1.807) is 18.6 Å². The number of imidazole rings is 1. The number of hydrogen-bond donors (Lipinski definition) is 1. The Bertz CT molecular complexity index is 650. The van der Waals surface area contributed by atoms with Crippen molar-refractivity contribution < 1.29 is 14.0 Å². The Balaban J connectivity index is 2.11. The summed E-state index contributed by atoms with van der Waals surface area (Å²) in [5.41, 5.74) is 0.982. The highest BCUT2D eigenvalue weighted by Crippen LogP contribution is 2.24. The summed E-state index contributed by atoms with van der Waals surface area (Å²) in [7, 11) is 0. The molecule has 5 nitrogen and oxygen atoms in total. The molecule has 0 atom stereocenters. The summed E-state index contributed by atoms with van der Waals surface area (Å²) in [4.78, 5) is 3.93. The van der Waals surface area contributed by atoms with E-state index >= 15 is 0 Å². The third-order valence-corrected chi connectivity index (χ3v) is 2.56. The van der Waals surface area contributed by atoms with Gasteiger partial charge in [0.1, 0.15) is 5.83 Å². The van der Waals surface area contributed by atoms with Crippen LogP contribution in [0.4, 0.5) is 4.39 Å². The molecule has 0 aliphatic heterocycles. The minimum absolute atomic E-state index is 0.161. The summed E-state index contributed by atoms with van der Waals surface area (Å²) < 4.78 is 20.2. The van der Waals surface area contributed by atoms with Crippen molar-refractivity contribution in [2.75, 3.05) is 0 Å². The Kier molecular flexibility index (Phi) is 4.14. The van der Waals surface area contributed by atoms with Gasteiger partial charge in [-0.15, -0.1) is 0 Å². The first-order valence-corrected chi connectivity index (χ1v) is 5.90. The molecular formula is C14H14FN3O2. The molecule has 2 aromatic rings.